The van der Waals surface area contributed by atoms with Gasteiger partial charge in [-0.25, -0.2) is 4.39 Å². The summed E-state index contributed by atoms with van der Waals surface area (Å²) in [5.41, 5.74) is 1.31. The number of hydrogen-bond acceptors (Lipinski definition) is 1. The molecule has 0 aromatic carbocycles. The minimum Gasteiger partial charge on any atom is -0.303 e. The quantitative estimate of drug-likeness (QED) is 0.709. The molecule has 1 aliphatic carbocycles. The van der Waals surface area contributed by atoms with Gasteiger partial charge in [0.1, 0.15) is 6.17 Å². The lowest BCUT2D eigenvalue weighted by atomic mass is 9.98. The zero-order valence-electron chi connectivity index (χ0n) is 10.2. The molecule has 2 aliphatic rings. The molecule has 2 rings (SSSR count). The first-order valence-corrected chi connectivity index (χ1v) is 6.47. The third-order valence-corrected chi connectivity index (χ3v) is 3.72. The van der Waals surface area contributed by atoms with E-state index in [4.69, 9.17) is 0 Å². The summed E-state index contributed by atoms with van der Waals surface area (Å²) in [6, 6.07) is 0. The molecule has 1 aliphatic heterocycles. The highest BCUT2D eigenvalue weighted by atomic mass is 19.1. The van der Waals surface area contributed by atoms with E-state index < -0.39 is 6.17 Å². The fourth-order valence-corrected chi connectivity index (χ4v) is 2.40. The van der Waals surface area contributed by atoms with Crippen LogP contribution in [0.4, 0.5) is 4.39 Å². The second-order valence-electron chi connectivity index (χ2n) is 5.16. The molecule has 1 saturated heterocycles. The van der Waals surface area contributed by atoms with E-state index in [1.54, 1.807) is 6.08 Å². The Labute approximate surface area is 98.0 Å². The number of allylic oxidation sites excluding steroid dienone is 3. The summed E-state index contributed by atoms with van der Waals surface area (Å²) in [5.74, 6) is 0.900. The molecule has 1 heterocycles. The first-order chi connectivity index (χ1) is 7.74. The molecule has 1 unspecified atom stereocenters. The minimum atomic E-state index is -0.750. The Morgan fingerprint density at radius 1 is 1.38 bits per heavy atom. The molecular formula is C14H22FN. The van der Waals surface area contributed by atoms with Crippen LogP contribution in [0.1, 0.15) is 32.6 Å². The topological polar surface area (TPSA) is 3.24 Å². The zero-order valence-corrected chi connectivity index (χ0v) is 10.2. The first-order valence-electron chi connectivity index (χ1n) is 6.47. The van der Waals surface area contributed by atoms with Crippen molar-refractivity contribution >= 4 is 0 Å². The second-order valence-corrected chi connectivity index (χ2v) is 5.16. The van der Waals surface area contributed by atoms with Crippen LogP contribution in [0.25, 0.3) is 0 Å². The van der Waals surface area contributed by atoms with Crippen molar-refractivity contribution in [1.82, 2.24) is 4.90 Å². The predicted octanol–water partition coefficient (Wildman–Crippen LogP) is 3.33. The summed E-state index contributed by atoms with van der Waals surface area (Å²) in [7, 11) is 0. The summed E-state index contributed by atoms with van der Waals surface area (Å²) >= 11 is 0. The zero-order chi connectivity index (χ0) is 11.4. The van der Waals surface area contributed by atoms with E-state index in [-0.39, 0.29) is 0 Å². The minimum absolute atomic E-state index is 0.572. The maximum absolute atomic E-state index is 12.9. The summed E-state index contributed by atoms with van der Waals surface area (Å²) in [5, 5.41) is 0. The van der Waals surface area contributed by atoms with Gasteiger partial charge in [-0.2, -0.15) is 0 Å². The lowest BCUT2D eigenvalue weighted by molar-refractivity contribution is 0.194. The van der Waals surface area contributed by atoms with E-state index >= 15 is 0 Å². The van der Waals surface area contributed by atoms with Gasteiger partial charge < -0.3 is 4.90 Å². The van der Waals surface area contributed by atoms with Crippen LogP contribution in [-0.4, -0.2) is 30.7 Å². The smallest absolute Gasteiger partial charge is 0.122 e. The summed E-state index contributed by atoms with van der Waals surface area (Å²) in [6.07, 6.45) is 9.27. The van der Waals surface area contributed by atoms with Crippen LogP contribution in [0.15, 0.2) is 23.8 Å². The number of piperidine rings is 1. The Kier molecular flexibility index (Phi) is 4.16. The third kappa shape index (κ3) is 3.44. The van der Waals surface area contributed by atoms with Crippen molar-refractivity contribution < 1.29 is 4.39 Å². The van der Waals surface area contributed by atoms with Gasteiger partial charge >= 0.3 is 0 Å². The van der Waals surface area contributed by atoms with E-state index in [9.17, 15) is 4.39 Å². The monoisotopic (exact) mass is 223 g/mol. The van der Waals surface area contributed by atoms with E-state index in [1.807, 2.05) is 6.08 Å². The fraction of sp³-hybridized carbons (Fsp3) is 0.714. The Morgan fingerprint density at radius 2 is 2.12 bits per heavy atom. The largest absolute Gasteiger partial charge is 0.303 e. The van der Waals surface area contributed by atoms with Gasteiger partial charge in [-0.1, -0.05) is 30.7 Å². The van der Waals surface area contributed by atoms with Crippen molar-refractivity contribution in [2.24, 2.45) is 5.92 Å². The average Bonchev–Trinajstić information content (AvgIpc) is 2.30. The van der Waals surface area contributed by atoms with Crippen molar-refractivity contribution in [2.75, 3.05) is 19.6 Å². The van der Waals surface area contributed by atoms with Gasteiger partial charge in [0.25, 0.3) is 0 Å². The van der Waals surface area contributed by atoms with Crippen molar-refractivity contribution in [2.45, 2.75) is 38.8 Å². The van der Waals surface area contributed by atoms with E-state index in [0.717, 1.165) is 18.9 Å². The highest BCUT2D eigenvalue weighted by molar-refractivity contribution is 5.24. The van der Waals surface area contributed by atoms with Crippen LogP contribution in [0.3, 0.4) is 0 Å². The molecule has 0 bridgehead atoms. The normalized spacial score (nSPS) is 28.1. The van der Waals surface area contributed by atoms with Crippen LogP contribution >= 0.6 is 0 Å². The lowest BCUT2D eigenvalue weighted by Crippen LogP contribution is -2.33. The van der Waals surface area contributed by atoms with Gasteiger partial charge in [-0.3, -0.25) is 0 Å². The number of alkyl halides is 1. The number of likely N-dealkylation sites (tertiary alicyclic amines) is 1. The third-order valence-electron chi connectivity index (χ3n) is 3.72. The molecule has 0 aromatic rings. The van der Waals surface area contributed by atoms with Crippen LogP contribution in [-0.2, 0) is 0 Å². The molecule has 0 saturated carbocycles. The van der Waals surface area contributed by atoms with E-state index in [2.05, 4.69) is 17.9 Å². The van der Waals surface area contributed by atoms with Crippen LogP contribution in [0, 0.1) is 5.92 Å². The average molecular weight is 223 g/mol. The van der Waals surface area contributed by atoms with Gasteiger partial charge in [-0.05, 0) is 38.3 Å². The number of hydrogen-bond donors (Lipinski definition) is 0. The summed E-state index contributed by atoms with van der Waals surface area (Å²) < 4.78 is 12.9. The van der Waals surface area contributed by atoms with Crippen molar-refractivity contribution in [3.05, 3.63) is 23.8 Å². The predicted molar refractivity (Wildman–Crippen MR) is 66.2 cm³/mol. The van der Waals surface area contributed by atoms with Gasteiger partial charge in [0.05, 0.1) is 0 Å². The highest BCUT2D eigenvalue weighted by Crippen LogP contribution is 2.19. The molecule has 0 radical (unpaired) electrons. The van der Waals surface area contributed by atoms with Gasteiger partial charge in [0.2, 0.25) is 0 Å². The molecule has 1 fully saturated rings. The van der Waals surface area contributed by atoms with E-state index in [0.29, 0.717) is 6.42 Å². The fourth-order valence-electron chi connectivity index (χ4n) is 2.40. The van der Waals surface area contributed by atoms with Crippen molar-refractivity contribution in [3.63, 3.8) is 0 Å². The number of halogens is 1. The standard InChI is InChI=1S/C14H22FN/c1-12-6-9-16(10-7-12)11-8-13-2-4-14(15)5-3-13/h2-4,12,14H,5-11H2,1H3. The first kappa shape index (κ1) is 11.8. The summed E-state index contributed by atoms with van der Waals surface area (Å²) in [4.78, 5) is 2.54. The SMILES string of the molecule is CC1CCN(CCC2=CCC(F)C=C2)CC1. The molecule has 16 heavy (non-hydrogen) atoms. The number of rotatable bonds is 3. The van der Waals surface area contributed by atoms with Gasteiger partial charge in [0, 0.05) is 13.0 Å². The Balaban J connectivity index is 1.70. The van der Waals surface area contributed by atoms with Gasteiger partial charge in [0.15, 0.2) is 0 Å². The molecule has 90 valence electrons. The van der Waals surface area contributed by atoms with Crippen molar-refractivity contribution in [1.29, 1.82) is 0 Å². The molecule has 0 spiro atoms. The number of nitrogens with zero attached hydrogens (tertiary/aromatic N) is 1. The lowest BCUT2D eigenvalue weighted by Gasteiger charge is -2.30. The Hall–Kier alpha value is -0.630. The van der Waals surface area contributed by atoms with Crippen molar-refractivity contribution in [3.8, 4) is 0 Å². The molecule has 1 atom stereocenters. The van der Waals surface area contributed by atoms with Crippen LogP contribution < -0.4 is 0 Å². The molecule has 2 heteroatoms. The van der Waals surface area contributed by atoms with Crippen LogP contribution in [0.5, 0.6) is 0 Å². The molecular weight excluding hydrogens is 201 g/mol. The second kappa shape index (κ2) is 5.62. The maximum Gasteiger partial charge on any atom is 0.122 e. The van der Waals surface area contributed by atoms with Crippen LogP contribution in [0.2, 0.25) is 0 Å². The van der Waals surface area contributed by atoms with Gasteiger partial charge in [-0.15, -0.1) is 0 Å². The Bertz CT molecular complexity index is 274. The Morgan fingerprint density at radius 3 is 2.75 bits per heavy atom. The molecule has 0 aromatic heterocycles. The van der Waals surface area contributed by atoms with E-state index in [1.165, 1.54) is 31.5 Å². The molecule has 1 nitrogen and oxygen atoms in total. The highest BCUT2D eigenvalue weighted by Gasteiger charge is 2.15. The summed E-state index contributed by atoms with van der Waals surface area (Å²) in [6.45, 7) is 5.96. The maximum atomic E-state index is 12.9. The molecule has 0 amide bonds. The molecule has 0 N–H and O–H groups in total.